The normalized spacial score (nSPS) is 15.0. The maximum absolute atomic E-state index is 12.4. The van der Waals surface area contributed by atoms with Crippen molar-refractivity contribution in [2.75, 3.05) is 20.3 Å². The second-order valence-electron chi connectivity index (χ2n) is 6.27. The molecule has 0 unspecified atom stereocenters. The molecule has 0 spiro atoms. The molecule has 0 saturated heterocycles. The molecule has 1 aromatic heterocycles. The number of rotatable bonds is 7. The molecule has 5 heteroatoms. The van der Waals surface area contributed by atoms with Gasteiger partial charge in [0.25, 0.3) is 11.5 Å². The Bertz CT molecular complexity index is 764. The van der Waals surface area contributed by atoms with E-state index in [0.29, 0.717) is 25.3 Å². The largest absolute Gasteiger partial charge is 0.383 e. The minimum absolute atomic E-state index is 0.0709. The van der Waals surface area contributed by atoms with Gasteiger partial charge in [-0.3, -0.25) is 9.59 Å². The number of carbonyl (C=O) groups is 1. The summed E-state index contributed by atoms with van der Waals surface area (Å²) < 4.78 is 6.49. The molecule has 0 aliphatic heterocycles. The molecule has 1 fully saturated rings. The molecule has 0 bridgehead atoms. The number of nitrogens with one attached hydrogen (secondary N) is 1. The van der Waals surface area contributed by atoms with Gasteiger partial charge in [0, 0.05) is 37.9 Å². The number of pyridine rings is 1. The topological polar surface area (TPSA) is 60.3 Å². The Morgan fingerprint density at radius 2 is 1.96 bits per heavy atom. The first-order valence-electron chi connectivity index (χ1n) is 8.18. The molecule has 126 valence electrons. The zero-order valence-corrected chi connectivity index (χ0v) is 13.8. The minimum atomic E-state index is -0.150. The summed E-state index contributed by atoms with van der Waals surface area (Å²) >= 11 is 0. The molecule has 1 aromatic carbocycles. The summed E-state index contributed by atoms with van der Waals surface area (Å²) in [6, 6.07) is 13.3. The van der Waals surface area contributed by atoms with Crippen LogP contribution in [0.1, 0.15) is 28.8 Å². The van der Waals surface area contributed by atoms with Gasteiger partial charge in [0.1, 0.15) is 0 Å². The molecule has 3 rings (SSSR count). The van der Waals surface area contributed by atoms with E-state index in [0.717, 1.165) is 12.8 Å². The van der Waals surface area contributed by atoms with Gasteiger partial charge in [-0.1, -0.05) is 30.3 Å². The second kappa shape index (κ2) is 7.01. The van der Waals surface area contributed by atoms with Gasteiger partial charge in [0.05, 0.1) is 12.2 Å². The van der Waals surface area contributed by atoms with Crippen LogP contribution in [-0.2, 0) is 16.7 Å². The predicted octanol–water partition coefficient (Wildman–Crippen LogP) is 1.96. The van der Waals surface area contributed by atoms with Crippen LogP contribution in [0.3, 0.4) is 0 Å². The summed E-state index contributed by atoms with van der Waals surface area (Å²) in [4.78, 5) is 24.2. The summed E-state index contributed by atoms with van der Waals surface area (Å²) in [6.07, 6.45) is 3.77. The Morgan fingerprint density at radius 3 is 2.62 bits per heavy atom. The van der Waals surface area contributed by atoms with Gasteiger partial charge < -0.3 is 14.6 Å². The summed E-state index contributed by atoms with van der Waals surface area (Å²) in [5, 5.41) is 3.02. The van der Waals surface area contributed by atoms with E-state index in [1.165, 1.54) is 16.2 Å². The van der Waals surface area contributed by atoms with Crippen LogP contribution >= 0.6 is 0 Å². The third-order valence-corrected chi connectivity index (χ3v) is 4.61. The van der Waals surface area contributed by atoms with Crippen molar-refractivity contribution in [1.29, 1.82) is 0 Å². The summed E-state index contributed by atoms with van der Waals surface area (Å²) in [5.74, 6) is -0.150. The van der Waals surface area contributed by atoms with E-state index in [-0.39, 0.29) is 16.9 Å². The molecule has 5 nitrogen and oxygen atoms in total. The molecule has 0 atom stereocenters. The van der Waals surface area contributed by atoms with Crippen LogP contribution in [-0.4, -0.2) is 30.7 Å². The molecule has 1 amide bonds. The average Bonchev–Trinajstić information content (AvgIpc) is 3.41. The average molecular weight is 326 g/mol. The number of hydrogen-bond acceptors (Lipinski definition) is 3. The van der Waals surface area contributed by atoms with Crippen molar-refractivity contribution in [2.45, 2.75) is 24.8 Å². The number of amides is 1. The predicted molar refractivity (Wildman–Crippen MR) is 92.3 cm³/mol. The molecular weight excluding hydrogens is 304 g/mol. The van der Waals surface area contributed by atoms with E-state index in [2.05, 4.69) is 17.4 Å². The van der Waals surface area contributed by atoms with Gasteiger partial charge >= 0.3 is 0 Å². The first-order chi connectivity index (χ1) is 11.6. The molecule has 1 saturated carbocycles. The Kier molecular flexibility index (Phi) is 4.81. The lowest BCUT2D eigenvalue weighted by molar-refractivity contribution is 0.0948. The fraction of sp³-hybridized carbons (Fsp3) is 0.368. The Morgan fingerprint density at radius 1 is 1.21 bits per heavy atom. The van der Waals surface area contributed by atoms with Crippen LogP contribution in [0, 0.1) is 0 Å². The molecule has 1 N–H and O–H groups in total. The van der Waals surface area contributed by atoms with Crippen molar-refractivity contribution in [2.24, 2.45) is 0 Å². The minimum Gasteiger partial charge on any atom is -0.383 e. The monoisotopic (exact) mass is 326 g/mol. The summed E-state index contributed by atoms with van der Waals surface area (Å²) in [5.41, 5.74) is 1.71. The van der Waals surface area contributed by atoms with E-state index < -0.39 is 0 Å². The van der Waals surface area contributed by atoms with Gasteiger partial charge in [-0.05, 0) is 24.5 Å². The van der Waals surface area contributed by atoms with Crippen LogP contribution in [0.15, 0.2) is 53.5 Å². The Labute approximate surface area is 141 Å². The fourth-order valence-electron chi connectivity index (χ4n) is 2.89. The van der Waals surface area contributed by atoms with E-state index in [4.69, 9.17) is 4.74 Å². The highest BCUT2D eigenvalue weighted by atomic mass is 16.5. The number of nitrogens with zero attached hydrogens (tertiary/aromatic N) is 1. The SMILES string of the molecule is COCCn1cc(C(=O)NCC2(c3ccccc3)CC2)ccc1=O. The van der Waals surface area contributed by atoms with Gasteiger partial charge in [0.15, 0.2) is 0 Å². The maximum atomic E-state index is 12.4. The van der Waals surface area contributed by atoms with Gasteiger partial charge in [-0.25, -0.2) is 0 Å². The molecule has 24 heavy (non-hydrogen) atoms. The van der Waals surface area contributed by atoms with Crippen LogP contribution in [0.5, 0.6) is 0 Å². The zero-order chi connectivity index (χ0) is 17.0. The lowest BCUT2D eigenvalue weighted by Crippen LogP contribution is -2.33. The zero-order valence-electron chi connectivity index (χ0n) is 13.8. The van der Waals surface area contributed by atoms with Crippen molar-refractivity contribution < 1.29 is 9.53 Å². The highest BCUT2D eigenvalue weighted by molar-refractivity contribution is 5.93. The van der Waals surface area contributed by atoms with Crippen molar-refractivity contribution in [1.82, 2.24) is 9.88 Å². The quantitative estimate of drug-likeness (QED) is 0.846. The van der Waals surface area contributed by atoms with E-state index in [1.54, 1.807) is 19.4 Å². The summed E-state index contributed by atoms with van der Waals surface area (Å²) in [7, 11) is 1.58. The van der Waals surface area contributed by atoms with Crippen LogP contribution < -0.4 is 10.9 Å². The van der Waals surface area contributed by atoms with Crippen molar-refractivity contribution in [3.63, 3.8) is 0 Å². The lowest BCUT2D eigenvalue weighted by atomic mass is 9.96. The summed E-state index contributed by atoms with van der Waals surface area (Å²) in [6.45, 7) is 1.49. The van der Waals surface area contributed by atoms with Gasteiger partial charge in [0.2, 0.25) is 0 Å². The second-order valence-corrected chi connectivity index (χ2v) is 6.27. The standard InChI is InChI=1S/C19H22N2O3/c1-24-12-11-21-13-15(7-8-17(21)22)18(23)20-14-19(9-10-19)16-5-3-2-4-6-16/h2-8,13H,9-12,14H2,1H3,(H,20,23). The van der Waals surface area contributed by atoms with Crippen LogP contribution in [0.25, 0.3) is 0 Å². The van der Waals surface area contributed by atoms with E-state index >= 15 is 0 Å². The maximum Gasteiger partial charge on any atom is 0.252 e. The number of aromatic nitrogens is 1. The molecule has 1 aliphatic rings. The van der Waals surface area contributed by atoms with Crippen molar-refractivity contribution >= 4 is 5.91 Å². The number of ether oxygens (including phenoxy) is 1. The van der Waals surface area contributed by atoms with Crippen LogP contribution in [0.2, 0.25) is 0 Å². The number of hydrogen-bond donors (Lipinski definition) is 1. The number of benzene rings is 1. The lowest BCUT2D eigenvalue weighted by Gasteiger charge is -2.17. The third-order valence-electron chi connectivity index (χ3n) is 4.61. The molecule has 0 radical (unpaired) electrons. The van der Waals surface area contributed by atoms with Crippen molar-refractivity contribution in [3.05, 3.63) is 70.1 Å². The van der Waals surface area contributed by atoms with Crippen LogP contribution in [0.4, 0.5) is 0 Å². The third kappa shape index (κ3) is 3.57. The number of carbonyl (C=O) groups excluding carboxylic acids is 1. The highest BCUT2D eigenvalue weighted by Gasteiger charge is 2.44. The Balaban J connectivity index is 1.66. The van der Waals surface area contributed by atoms with Gasteiger partial charge in [-0.2, -0.15) is 0 Å². The van der Waals surface area contributed by atoms with Crippen molar-refractivity contribution in [3.8, 4) is 0 Å². The molecule has 2 aromatic rings. The highest BCUT2D eigenvalue weighted by Crippen LogP contribution is 2.47. The molecular formula is C19H22N2O3. The smallest absolute Gasteiger partial charge is 0.252 e. The van der Waals surface area contributed by atoms with E-state index in [9.17, 15) is 9.59 Å². The fourth-order valence-corrected chi connectivity index (χ4v) is 2.89. The number of methoxy groups -OCH3 is 1. The molecule has 1 heterocycles. The molecule has 1 aliphatic carbocycles. The first-order valence-corrected chi connectivity index (χ1v) is 8.18. The van der Waals surface area contributed by atoms with Gasteiger partial charge in [-0.15, -0.1) is 0 Å². The first kappa shape index (κ1) is 16.5. The van der Waals surface area contributed by atoms with E-state index in [1.807, 2.05) is 18.2 Å². The Hall–Kier alpha value is -2.40.